The standard InChI is InChI=1S/C13H15N3O2/c1-16-7-9(8-4-2-3-5-12(8)16)10-6-11(13(17)18)15-14-10/h2-5,7,10-11,14-15H,6H2,1H3,(H,17,18). The van der Waals surface area contributed by atoms with Gasteiger partial charge in [-0.1, -0.05) is 18.2 Å². The lowest BCUT2D eigenvalue weighted by Crippen LogP contribution is -2.36. The van der Waals surface area contributed by atoms with Gasteiger partial charge in [-0.2, -0.15) is 0 Å². The van der Waals surface area contributed by atoms with E-state index in [9.17, 15) is 4.79 Å². The van der Waals surface area contributed by atoms with Crippen LogP contribution in [-0.4, -0.2) is 21.7 Å². The molecule has 1 aromatic carbocycles. The molecule has 5 heteroatoms. The Hall–Kier alpha value is -1.85. The maximum atomic E-state index is 10.9. The fourth-order valence-corrected chi connectivity index (χ4v) is 2.57. The van der Waals surface area contributed by atoms with E-state index in [1.165, 1.54) is 5.39 Å². The number of carboxylic acids is 1. The van der Waals surface area contributed by atoms with Crippen molar-refractivity contribution in [2.75, 3.05) is 0 Å². The van der Waals surface area contributed by atoms with Crippen molar-refractivity contribution in [2.45, 2.75) is 18.5 Å². The minimum absolute atomic E-state index is 0.0391. The van der Waals surface area contributed by atoms with Crippen molar-refractivity contribution in [3.63, 3.8) is 0 Å². The highest BCUT2D eigenvalue weighted by Crippen LogP contribution is 2.30. The average molecular weight is 245 g/mol. The number of fused-ring (bicyclic) bond motifs is 1. The lowest BCUT2D eigenvalue weighted by molar-refractivity contribution is -0.139. The van der Waals surface area contributed by atoms with Gasteiger partial charge in [0.25, 0.3) is 0 Å². The molecule has 5 nitrogen and oxygen atoms in total. The first-order valence-electron chi connectivity index (χ1n) is 5.94. The Morgan fingerprint density at radius 3 is 2.89 bits per heavy atom. The number of aryl methyl sites for hydroxylation is 1. The number of hydrazine groups is 1. The van der Waals surface area contributed by atoms with E-state index in [4.69, 9.17) is 5.11 Å². The van der Waals surface area contributed by atoms with Crippen molar-refractivity contribution < 1.29 is 9.90 Å². The average Bonchev–Trinajstić information content (AvgIpc) is 2.95. The molecule has 3 rings (SSSR count). The minimum Gasteiger partial charge on any atom is -0.480 e. The zero-order valence-corrected chi connectivity index (χ0v) is 10.1. The van der Waals surface area contributed by atoms with Crippen LogP contribution < -0.4 is 10.9 Å². The van der Waals surface area contributed by atoms with E-state index in [2.05, 4.69) is 33.7 Å². The van der Waals surface area contributed by atoms with Crippen LogP contribution in [-0.2, 0) is 11.8 Å². The van der Waals surface area contributed by atoms with Crippen LogP contribution in [0.5, 0.6) is 0 Å². The van der Waals surface area contributed by atoms with Crippen LogP contribution in [0.25, 0.3) is 10.9 Å². The molecule has 0 amide bonds. The third kappa shape index (κ3) is 1.68. The molecule has 94 valence electrons. The molecule has 2 unspecified atom stereocenters. The predicted octanol–water partition coefficient (Wildman–Crippen LogP) is 1.17. The lowest BCUT2D eigenvalue weighted by Gasteiger charge is -2.07. The van der Waals surface area contributed by atoms with Crippen LogP contribution in [0, 0.1) is 0 Å². The summed E-state index contributed by atoms with van der Waals surface area (Å²) in [6, 6.07) is 7.66. The number of hydrogen-bond donors (Lipinski definition) is 3. The number of para-hydroxylation sites is 1. The van der Waals surface area contributed by atoms with Crippen molar-refractivity contribution >= 4 is 16.9 Å². The van der Waals surface area contributed by atoms with E-state index in [0.717, 1.165) is 11.1 Å². The number of aliphatic carboxylic acids is 1. The molecule has 1 aromatic heterocycles. The van der Waals surface area contributed by atoms with Crippen LogP contribution in [0.4, 0.5) is 0 Å². The van der Waals surface area contributed by atoms with Gasteiger partial charge in [0, 0.05) is 24.1 Å². The summed E-state index contributed by atoms with van der Waals surface area (Å²) < 4.78 is 2.07. The van der Waals surface area contributed by atoms with Crippen LogP contribution in [0.3, 0.4) is 0 Å². The van der Waals surface area contributed by atoms with Gasteiger partial charge in [-0.25, -0.2) is 10.9 Å². The third-order valence-electron chi connectivity index (χ3n) is 3.50. The third-order valence-corrected chi connectivity index (χ3v) is 3.50. The summed E-state index contributed by atoms with van der Waals surface area (Å²) in [5.74, 6) is -0.815. The number of rotatable bonds is 2. The maximum absolute atomic E-state index is 10.9. The first-order valence-corrected chi connectivity index (χ1v) is 5.94. The topological polar surface area (TPSA) is 66.3 Å². The van der Waals surface area contributed by atoms with Crippen molar-refractivity contribution in [3.8, 4) is 0 Å². The quantitative estimate of drug-likeness (QED) is 0.743. The molecule has 3 N–H and O–H groups in total. The largest absolute Gasteiger partial charge is 0.480 e. The van der Waals surface area contributed by atoms with Crippen molar-refractivity contribution in [2.24, 2.45) is 7.05 Å². The molecule has 0 spiro atoms. The summed E-state index contributed by atoms with van der Waals surface area (Å²) in [6.45, 7) is 0. The summed E-state index contributed by atoms with van der Waals surface area (Å²) in [6.07, 6.45) is 2.62. The van der Waals surface area contributed by atoms with Crippen LogP contribution in [0.15, 0.2) is 30.5 Å². The van der Waals surface area contributed by atoms with Crippen molar-refractivity contribution in [1.29, 1.82) is 0 Å². The van der Waals surface area contributed by atoms with Gasteiger partial charge in [0.1, 0.15) is 6.04 Å². The first kappa shape index (κ1) is 11.3. The molecule has 2 atom stereocenters. The second-order valence-electron chi connectivity index (χ2n) is 4.68. The SMILES string of the molecule is Cn1cc(C2CC(C(=O)O)NN2)c2ccccc21. The van der Waals surface area contributed by atoms with Gasteiger partial charge < -0.3 is 9.67 Å². The Labute approximate surface area is 104 Å². The Kier molecular flexibility index (Phi) is 2.57. The van der Waals surface area contributed by atoms with Gasteiger partial charge in [0.15, 0.2) is 0 Å². The summed E-state index contributed by atoms with van der Waals surface area (Å²) in [4.78, 5) is 10.9. The minimum atomic E-state index is -0.815. The van der Waals surface area contributed by atoms with Gasteiger partial charge in [-0.3, -0.25) is 4.79 Å². The molecule has 1 saturated heterocycles. The molecule has 2 aromatic rings. The monoisotopic (exact) mass is 245 g/mol. The molecule has 2 heterocycles. The Morgan fingerprint density at radius 1 is 1.39 bits per heavy atom. The van der Waals surface area contributed by atoms with Gasteiger partial charge in [0.2, 0.25) is 0 Å². The van der Waals surface area contributed by atoms with E-state index < -0.39 is 12.0 Å². The van der Waals surface area contributed by atoms with E-state index in [0.29, 0.717) is 6.42 Å². The van der Waals surface area contributed by atoms with Gasteiger partial charge in [-0.15, -0.1) is 0 Å². The maximum Gasteiger partial charge on any atom is 0.322 e. The fraction of sp³-hybridized carbons (Fsp3) is 0.308. The Bertz CT molecular complexity index is 605. The molecule has 18 heavy (non-hydrogen) atoms. The van der Waals surface area contributed by atoms with Crippen LogP contribution in [0.1, 0.15) is 18.0 Å². The number of hydrogen-bond acceptors (Lipinski definition) is 3. The van der Waals surface area contributed by atoms with E-state index in [-0.39, 0.29) is 6.04 Å². The zero-order chi connectivity index (χ0) is 12.7. The summed E-state index contributed by atoms with van der Waals surface area (Å²) in [7, 11) is 2.00. The number of carbonyl (C=O) groups is 1. The summed E-state index contributed by atoms with van der Waals surface area (Å²) >= 11 is 0. The predicted molar refractivity (Wildman–Crippen MR) is 68.0 cm³/mol. The number of nitrogens with zero attached hydrogens (tertiary/aromatic N) is 1. The number of nitrogens with one attached hydrogen (secondary N) is 2. The number of carboxylic acid groups (broad SMARTS) is 1. The Morgan fingerprint density at radius 2 is 2.17 bits per heavy atom. The van der Waals surface area contributed by atoms with Gasteiger partial charge in [0.05, 0.1) is 6.04 Å². The first-order chi connectivity index (χ1) is 8.66. The number of benzene rings is 1. The highest BCUT2D eigenvalue weighted by molar-refractivity contribution is 5.84. The fourth-order valence-electron chi connectivity index (χ4n) is 2.57. The lowest BCUT2D eigenvalue weighted by atomic mass is 10.0. The highest BCUT2D eigenvalue weighted by atomic mass is 16.4. The molecular formula is C13H15N3O2. The van der Waals surface area contributed by atoms with Crippen LogP contribution in [0.2, 0.25) is 0 Å². The summed E-state index contributed by atoms with van der Waals surface area (Å²) in [5.41, 5.74) is 8.19. The second-order valence-corrected chi connectivity index (χ2v) is 4.68. The second kappa shape index (κ2) is 4.12. The van der Waals surface area contributed by atoms with Crippen LogP contribution >= 0.6 is 0 Å². The molecule has 0 aliphatic carbocycles. The molecule has 1 aliphatic heterocycles. The van der Waals surface area contributed by atoms with E-state index >= 15 is 0 Å². The Balaban J connectivity index is 1.98. The van der Waals surface area contributed by atoms with E-state index in [1.807, 2.05) is 19.2 Å². The van der Waals surface area contributed by atoms with Gasteiger partial charge >= 0.3 is 5.97 Å². The molecule has 1 aliphatic rings. The molecular weight excluding hydrogens is 230 g/mol. The van der Waals surface area contributed by atoms with Crippen molar-refractivity contribution in [1.82, 2.24) is 15.4 Å². The molecule has 1 fully saturated rings. The smallest absolute Gasteiger partial charge is 0.322 e. The van der Waals surface area contributed by atoms with Gasteiger partial charge in [-0.05, 0) is 18.1 Å². The van der Waals surface area contributed by atoms with E-state index in [1.54, 1.807) is 0 Å². The number of aromatic nitrogens is 1. The molecule has 0 saturated carbocycles. The van der Waals surface area contributed by atoms with Crippen molar-refractivity contribution in [3.05, 3.63) is 36.0 Å². The molecule has 0 radical (unpaired) electrons. The zero-order valence-electron chi connectivity index (χ0n) is 10.1. The normalized spacial score (nSPS) is 23.6. The summed E-state index contributed by atoms with van der Waals surface area (Å²) in [5, 5.41) is 10.2. The molecule has 0 bridgehead atoms. The highest BCUT2D eigenvalue weighted by Gasteiger charge is 2.31.